The zero-order chi connectivity index (χ0) is 30.8. The van der Waals surface area contributed by atoms with Crippen molar-refractivity contribution in [3.63, 3.8) is 0 Å². The van der Waals surface area contributed by atoms with Crippen molar-refractivity contribution in [2.24, 2.45) is 0 Å². The average Bonchev–Trinajstić information content (AvgIpc) is 2.97. The summed E-state index contributed by atoms with van der Waals surface area (Å²) < 4.78 is 5.85. The average molecular weight is 587 g/mol. The van der Waals surface area contributed by atoms with Crippen molar-refractivity contribution in [1.82, 2.24) is 0 Å². The number of carboxylic acid groups (broad SMARTS) is 1. The normalized spacial score (nSPS) is 12.8. The Labute approximate surface area is 260 Å². The lowest BCUT2D eigenvalue weighted by atomic mass is 10.0. The first-order valence-corrected chi connectivity index (χ1v) is 17.6. The van der Waals surface area contributed by atoms with E-state index in [1.165, 1.54) is 70.6 Å². The minimum atomic E-state index is -0.752. The molecule has 0 fully saturated rings. The van der Waals surface area contributed by atoms with Crippen molar-refractivity contribution >= 4 is 11.9 Å². The minimum Gasteiger partial charge on any atom is -0.481 e. The van der Waals surface area contributed by atoms with Gasteiger partial charge in [-0.15, -0.1) is 0 Å². The number of carbonyl (C=O) groups is 2. The molecule has 0 aliphatic heterocycles. The van der Waals surface area contributed by atoms with Gasteiger partial charge in [0.25, 0.3) is 0 Å². The first-order chi connectivity index (χ1) is 20.6. The SMILES string of the molecule is CC/C=C\C/C=C\C/C=C\C/C=C\CCCCC(=O)OC(CCCCCCCCCCCCCC)CCCCC(=O)O. The fourth-order valence-corrected chi connectivity index (χ4v) is 5.00. The Morgan fingerprint density at radius 1 is 0.548 bits per heavy atom. The second-order valence-corrected chi connectivity index (χ2v) is 11.7. The van der Waals surface area contributed by atoms with Crippen molar-refractivity contribution in [2.75, 3.05) is 0 Å². The van der Waals surface area contributed by atoms with Crippen LogP contribution in [0.4, 0.5) is 0 Å². The summed E-state index contributed by atoms with van der Waals surface area (Å²) in [5.74, 6) is -0.847. The van der Waals surface area contributed by atoms with Crippen molar-refractivity contribution in [3.05, 3.63) is 48.6 Å². The summed E-state index contributed by atoms with van der Waals surface area (Å²) in [5, 5.41) is 8.92. The number of hydrogen-bond donors (Lipinski definition) is 1. The lowest BCUT2D eigenvalue weighted by Gasteiger charge is -2.18. The first kappa shape index (κ1) is 39.9. The van der Waals surface area contributed by atoms with E-state index in [9.17, 15) is 9.59 Å². The third-order valence-electron chi connectivity index (χ3n) is 7.57. The van der Waals surface area contributed by atoms with Crippen LogP contribution in [-0.2, 0) is 14.3 Å². The Kier molecular flexibility index (Phi) is 31.7. The van der Waals surface area contributed by atoms with Crippen LogP contribution in [0.15, 0.2) is 48.6 Å². The molecule has 0 spiro atoms. The van der Waals surface area contributed by atoms with Crippen LogP contribution in [0.25, 0.3) is 0 Å². The molecular formula is C38H66O4. The van der Waals surface area contributed by atoms with E-state index in [-0.39, 0.29) is 18.5 Å². The number of carboxylic acids is 1. The van der Waals surface area contributed by atoms with Gasteiger partial charge in [0.2, 0.25) is 0 Å². The third kappa shape index (κ3) is 32.4. The van der Waals surface area contributed by atoms with Crippen LogP contribution < -0.4 is 0 Å². The quantitative estimate of drug-likeness (QED) is 0.0498. The molecule has 42 heavy (non-hydrogen) atoms. The number of rotatable bonds is 31. The summed E-state index contributed by atoms with van der Waals surface area (Å²) in [6.45, 7) is 4.42. The Hall–Kier alpha value is -2.10. The molecule has 242 valence electrons. The van der Waals surface area contributed by atoms with Crippen LogP contribution in [0, 0.1) is 0 Å². The number of esters is 1. The molecule has 0 radical (unpaired) electrons. The molecule has 4 nitrogen and oxygen atoms in total. The van der Waals surface area contributed by atoms with Gasteiger partial charge in [-0.3, -0.25) is 9.59 Å². The Morgan fingerprint density at radius 2 is 1.00 bits per heavy atom. The van der Waals surface area contributed by atoms with E-state index in [1.54, 1.807) is 0 Å². The van der Waals surface area contributed by atoms with E-state index in [2.05, 4.69) is 62.5 Å². The summed E-state index contributed by atoms with van der Waals surface area (Å²) in [6, 6.07) is 0. The number of ether oxygens (including phenoxy) is 1. The zero-order valence-electron chi connectivity index (χ0n) is 27.5. The third-order valence-corrected chi connectivity index (χ3v) is 7.57. The molecule has 0 aliphatic rings. The maximum Gasteiger partial charge on any atom is 0.306 e. The summed E-state index contributed by atoms with van der Waals surface area (Å²) in [6.07, 6.45) is 44.0. The second kappa shape index (κ2) is 33.4. The number of allylic oxidation sites excluding steroid dienone is 8. The van der Waals surface area contributed by atoms with Gasteiger partial charge < -0.3 is 9.84 Å². The van der Waals surface area contributed by atoms with Gasteiger partial charge in [-0.25, -0.2) is 0 Å². The fraction of sp³-hybridized carbons (Fsp3) is 0.737. The van der Waals surface area contributed by atoms with E-state index < -0.39 is 5.97 Å². The van der Waals surface area contributed by atoms with E-state index in [0.29, 0.717) is 12.8 Å². The van der Waals surface area contributed by atoms with E-state index in [4.69, 9.17) is 9.84 Å². The van der Waals surface area contributed by atoms with Crippen LogP contribution in [0.5, 0.6) is 0 Å². The predicted octanol–water partition coefficient (Wildman–Crippen LogP) is 12.0. The van der Waals surface area contributed by atoms with Crippen LogP contribution in [0.2, 0.25) is 0 Å². The van der Waals surface area contributed by atoms with E-state index in [0.717, 1.165) is 70.6 Å². The fourth-order valence-electron chi connectivity index (χ4n) is 5.00. The summed E-state index contributed by atoms with van der Waals surface area (Å²) in [7, 11) is 0. The predicted molar refractivity (Wildman–Crippen MR) is 181 cm³/mol. The van der Waals surface area contributed by atoms with Crippen molar-refractivity contribution < 1.29 is 19.4 Å². The largest absolute Gasteiger partial charge is 0.481 e. The van der Waals surface area contributed by atoms with E-state index in [1.807, 2.05) is 0 Å². The lowest BCUT2D eigenvalue weighted by molar-refractivity contribution is -0.150. The number of unbranched alkanes of at least 4 members (excludes halogenated alkanes) is 14. The Balaban J connectivity index is 4.02. The summed E-state index contributed by atoms with van der Waals surface area (Å²) >= 11 is 0. The number of aliphatic carboxylic acids is 1. The molecule has 0 saturated heterocycles. The summed E-state index contributed by atoms with van der Waals surface area (Å²) in [5.41, 5.74) is 0. The highest BCUT2D eigenvalue weighted by Crippen LogP contribution is 2.18. The van der Waals surface area contributed by atoms with Gasteiger partial charge >= 0.3 is 11.9 Å². The molecule has 0 amide bonds. The maximum atomic E-state index is 12.5. The molecule has 0 heterocycles. The molecular weight excluding hydrogens is 520 g/mol. The van der Waals surface area contributed by atoms with Gasteiger partial charge in [0, 0.05) is 12.8 Å². The van der Waals surface area contributed by atoms with Crippen LogP contribution in [0.3, 0.4) is 0 Å². The molecule has 1 unspecified atom stereocenters. The first-order valence-electron chi connectivity index (χ1n) is 17.6. The smallest absolute Gasteiger partial charge is 0.306 e. The molecule has 4 heteroatoms. The van der Waals surface area contributed by atoms with Gasteiger partial charge in [0.05, 0.1) is 0 Å². The Bertz CT molecular complexity index is 719. The highest BCUT2D eigenvalue weighted by atomic mass is 16.5. The van der Waals surface area contributed by atoms with Gasteiger partial charge in [-0.1, -0.05) is 133 Å². The molecule has 0 saturated carbocycles. The highest BCUT2D eigenvalue weighted by Gasteiger charge is 2.14. The second-order valence-electron chi connectivity index (χ2n) is 11.7. The summed E-state index contributed by atoms with van der Waals surface area (Å²) in [4.78, 5) is 23.3. The van der Waals surface area contributed by atoms with Gasteiger partial charge in [-0.2, -0.15) is 0 Å². The monoisotopic (exact) mass is 586 g/mol. The highest BCUT2D eigenvalue weighted by molar-refractivity contribution is 5.69. The Morgan fingerprint density at radius 3 is 1.52 bits per heavy atom. The number of hydrogen-bond acceptors (Lipinski definition) is 3. The van der Waals surface area contributed by atoms with Crippen LogP contribution in [0.1, 0.15) is 174 Å². The number of carbonyl (C=O) groups excluding carboxylic acids is 1. The minimum absolute atomic E-state index is 0.0660. The van der Waals surface area contributed by atoms with Crippen LogP contribution >= 0.6 is 0 Å². The molecule has 0 aromatic heterocycles. The van der Waals surface area contributed by atoms with Crippen molar-refractivity contribution in [1.29, 1.82) is 0 Å². The van der Waals surface area contributed by atoms with Gasteiger partial charge in [0.15, 0.2) is 0 Å². The maximum absolute atomic E-state index is 12.5. The zero-order valence-corrected chi connectivity index (χ0v) is 27.5. The molecule has 0 aromatic rings. The molecule has 0 aliphatic carbocycles. The van der Waals surface area contributed by atoms with Crippen molar-refractivity contribution in [2.45, 2.75) is 180 Å². The van der Waals surface area contributed by atoms with Crippen LogP contribution in [-0.4, -0.2) is 23.1 Å². The lowest BCUT2D eigenvalue weighted by Crippen LogP contribution is -2.18. The molecule has 0 rings (SSSR count). The topological polar surface area (TPSA) is 63.6 Å². The van der Waals surface area contributed by atoms with E-state index >= 15 is 0 Å². The molecule has 0 bridgehead atoms. The molecule has 1 atom stereocenters. The molecule has 1 N–H and O–H groups in total. The van der Waals surface area contributed by atoms with Crippen molar-refractivity contribution in [3.8, 4) is 0 Å². The standard InChI is InChI=1S/C38H66O4/c1-3-5-7-9-11-13-15-17-18-19-21-23-25-27-29-35-38(41)42-36(33-30-31-34-37(39)40)32-28-26-24-22-20-16-14-12-10-8-6-4-2/h5,7,11,13,17-18,21,23,36H,3-4,6,8-10,12,14-16,19-20,22,24-35H2,1-2H3,(H,39,40)/b7-5-,13-11-,18-17-,23-21-. The van der Waals surface area contributed by atoms with Gasteiger partial charge in [0.1, 0.15) is 6.10 Å². The molecule has 0 aromatic carbocycles. The van der Waals surface area contributed by atoms with Gasteiger partial charge in [-0.05, 0) is 77.0 Å².